The average Bonchev–Trinajstić information content (AvgIpc) is 1.36. The number of halogens is 2. The fraction of sp³-hybridized carbons (Fsp3) is 0.485. The number of rotatable bonds is 31. The third-order valence-electron chi connectivity index (χ3n) is 16.9. The second-order valence-electron chi connectivity index (χ2n) is 23.9. The molecule has 25 heteroatoms. The van der Waals surface area contributed by atoms with Crippen molar-refractivity contribution in [2.75, 3.05) is 123 Å². The number of anilines is 1. The number of nitrogens with one attached hydrogen (secondary N) is 1. The SMILES string of the molecule is C=CC(=O)N1CCN(c2nc(O[C@H](C)CN3CCC(OCCOCCOCCOCCOCCOc4cc([C@@H](C(=O)N5C[C@H](O)C[C@H]5C(=O)N[C@@H](C)c5ccc(-c6scnc6C)cc5)C(C)C)on4)CC3)nc3c(F)c(-c4cc(O)cc5ccccc45)c(Cl)cc23)CC1. The number of ether oxygens (including phenoxy) is 7. The molecule has 3 aliphatic heterocycles. The lowest BCUT2D eigenvalue weighted by molar-refractivity contribution is -0.141. The van der Waals surface area contributed by atoms with Gasteiger partial charge >= 0.3 is 6.01 Å². The molecule has 498 valence electrons. The summed E-state index contributed by atoms with van der Waals surface area (Å²) in [5, 5.41) is 30.4. The Hall–Kier alpha value is -7.39. The van der Waals surface area contributed by atoms with Crippen molar-refractivity contribution in [3.05, 3.63) is 119 Å². The molecule has 10 rings (SSSR count). The topological polar surface area (TPSA) is 246 Å². The number of aliphatic hydroxyl groups excluding tert-OH is 1. The van der Waals surface area contributed by atoms with E-state index in [1.807, 2.05) is 93.6 Å². The molecule has 3 N–H and O–H groups in total. The summed E-state index contributed by atoms with van der Waals surface area (Å²) < 4.78 is 63.8. The Balaban J connectivity index is 0.576. The number of aryl methyl sites for hydroxylation is 1. The van der Waals surface area contributed by atoms with Gasteiger partial charge in [-0.05, 0) is 96.4 Å². The van der Waals surface area contributed by atoms with Crippen LogP contribution in [0, 0.1) is 18.7 Å². The van der Waals surface area contributed by atoms with Gasteiger partial charge < -0.3 is 67.9 Å². The van der Waals surface area contributed by atoms with Crippen molar-refractivity contribution >= 4 is 68.2 Å². The quantitative estimate of drug-likeness (QED) is 0.0271. The van der Waals surface area contributed by atoms with E-state index in [1.54, 1.807) is 34.4 Å². The first-order valence-corrected chi connectivity index (χ1v) is 33.1. The number of likely N-dealkylation sites (tertiary alicyclic amines) is 2. The van der Waals surface area contributed by atoms with E-state index >= 15 is 4.39 Å². The summed E-state index contributed by atoms with van der Waals surface area (Å²) in [4.78, 5) is 62.7. The van der Waals surface area contributed by atoms with Gasteiger partial charge in [0.1, 0.15) is 41.8 Å². The number of piperazine rings is 1. The van der Waals surface area contributed by atoms with Crippen molar-refractivity contribution < 1.29 is 66.7 Å². The predicted octanol–water partition coefficient (Wildman–Crippen LogP) is 9.18. The molecule has 4 aromatic carbocycles. The van der Waals surface area contributed by atoms with Crippen LogP contribution in [0.4, 0.5) is 10.2 Å². The van der Waals surface area contributed by atoms with Gasteiger partial charge in [-0.3, -0.25) is 19.3 Å². The van der Waals surface area contributed by atoms with E-state index in [1.165, 1.54) is 17.0 Å². The standard InChI is InChI=1S/C68H83ClFN9O13S/c1-7-59(82)77-20-22-78(23-21-77)65-54-37-55(69)61(53-35-49(80)34-48-10-8-9-11-52(48)53)62(70)63(54)73-68(74-65)91-43(4)39-76-18-16-51(17-19-76)89-32-30-87-28-26-85-24-25-86-27-29-88-31-33-90-58-38-57(92-75-58)60(42(2)3)67(84)79-40-50(81)36-56(79)66(83)72-44(5)46-12-14-47(15-13-46)64-45(6)71-41-93-64/h7-15,34-35,37-38,41-44,50-51,56,60,80-81H,1,16-33,36,39-40H2,2-6H3,(H,72,83)/t43-,44+,50-,56+,60+/m1/s1. The Morgan fingerprint density at radius 2 is 1.53 bits per heavy atom. The summed E-state index contributed by atoms with van der Waals surface area (Å²) in [6.45, 7) is 20.8. The molecular weight excluding hydrogens is 1240 g/mol. The fourth-order valence-electron chi connectivity index (χ4n) is 12.2. The normalized spacial score (nSPS) is 17.5. The number of phenolic OH excluding ortho intramolecular Hbond substituents is 1. The number of fused-ring (bicyclic) bond motifs is 2. The number of hydrogen-bond donors (Lipinski definition) is 3. The van der Waals surface area contributed by atoms with Crippen LogP contribution in [0.5, 0.6) is 17.6 Å². The number of carbonyl (C=O) groups excluding carboxylic acids is 3. The molecule has 6 heterocycles. The summed E-state index contributed by atoms with van der Waals surface area (Å²) >= 11 is 8.51. The van der Waals surface area contributed by atoms with Crippen LogP contribution in [0.2, 0.25) is 5.02 Å². The minimum absolute atomic E-state index is 0.0192. The summed E-state index contributed by atoms with van der Waals surface area (Å²) in [6.07, 6.45) is 1.98. The minimum atomic E-state index is -0.857. The van der Waals surface area contributed by atoms with Crippen LogP contribution in [0.15, 0.2) is 95.5 Å². The third-order valence-corrected chi connectivity index (χ3v) is 18.2. The van der Waals surface area contributed by atoms with E-state index in [0.717, 1.165) is 58.4 Å². The van der Waals surface area contributed by atoms with E-state index in [9.17, 15) is 24.6 Å². The number of thiazole rings is 1. The van der Waals surface area contributed by atoms with Gasteiger partial charge in [0.15, 0.2) is 11.6 Å². The van der Waals surface area contributed by atoms with Gasteiger partial charge in [-0.25, -0.2) is 9.37 Å². The molecular formula is C68H83ClFN9O13S. The molecule has 3 aromatic heterocycles. The van der Waals surface area contributed by atoms with E-state index in [-0.39, 0.29) is 102 Å². The highest BCUT2D eigenvalue weighted by Crippen LogP contribution is 2.43. The van der Waals surface area contributed by atoms with E-state index in [2.05, 4.69) is 31.9 Å². The number of amides is 3. The summed E-state index contributed by atoms with van der Waals surface area (Å²) in [7, 11) is 0. The van der Waals surface area contributed by atoms with Gasteiger partial charge in [-0.1, -0.05) is 80.6 Å². The Morgan fingerprint density at radius 1 is 0.849 bits per heavy atom. The van der Waals surface area contributed by atoms with Gasteiger partial charge in [-0.15, -0.1) is 11.3 Å². The van der Waals surface area contributed by atoms with Crippen LogP contribution in [-0.4, -0.2) is 206 Å². The lowest BCUT2D eigenvalue weighted by Crippen LogP contribution is -2.48. The largest absolute Gasteiger partial charge is 0.508 e. The first-order valence-electron chi connectivity index (χ1n) is 31.8. The summed E-state index contributed by atoms with van der Waals surface area (Å²) in [6, 6.07) is 20.6. The lowest BCUT2D eigenvalue weighted by Gasteiger charge is -2.35. The molecule has 0 unspecified atom stereocenters. The van der Waals surface area contributed by atoms with Crippen molar-refractivity contribution in [1.29, 1.82) is 0 Å². The van der Waals surface area contributed by atoms with E-state index in [4.69, 9.17) is 54.3 Å². The molecule has 0 spiro atoms. The smallest absolute Gasteiger partial charge is 0.319 e. The predicted molar refractivity (Wildman–Crippen MR) is 351 cm³/mol. The molecule has 22 nitrogen and oxygen atoms in total. The van der Waals surface area contributed by atoms with Crippen molar-refractivity contribution in [3.63, 3.8) is 0 Å². The van der Waals surface area contributed by atoms with Crippen LogP contribution >= 0.6 is 22.9 Å². The average molecular weight is 1320 g/mol. The number of benzene rings is 4. The molecule has 0 bridgehead atoms. The van der Waals surface area contributed by atoms with Crippen LogP contribution < -0.4 is 19.7 Å². The van der Waals surface area contributed by atoms with Crippen molar-refractivity contribution in [2.24, 2.45) is 5.92 Å². The number of carbonyl (C=O) groups is 3. The molecule has 0 aliphatic carbocycles. The maximum Gasteiger partial charge on any atom is 0.319 e. The molecule has 0 radical (unpaired) electrons. The van der Waals surface area contributed by atoms with E-state index < -0.39 is 23.9 Å². The summed E-state index contributed by atoms with van der Waals surface area (Å²) in [5.41, 5.74) is 5.32. The number of nitrogens with zero attached hydrogens (tertiary/aromatic N) is 8. The second-order valence-corrected chi connectivity index (χ2v) is 25.2. The second kappa shape index (κ2) is 32.6. The first-order chi connectivity index (χ1) is 45.0. The van der Waals surface area contributed by atoms with Gasteiger partial charge in [-0.2, -0.15) is 9.97 Å². The molecule has 3 amide bonds. The number of aliphatic hydroxyl groups is 1. The number of phenols is 1. The zero-order chi connectivity index (χ0) is 65.5. The number of aromatic hydroxyl groups is 1. The van der Waals surface area contributed by atoms with Crippen molar-refractivity contribution in [1.82, 2.24) is 40.1 Å². The number of hydrogen-bond acceptors (Lipinski definition) is 20. The van der Waals surface area contributed by atoms with Crippen LogP contribution in [0.1, 0.15) is 75.9 Å². The highest BCUT2D eigenvalue weighted by atomic mass is 35.5. The van der Waals surface area contributed by atoms with Gasteiger partial charge in [0.05, 0.1) is 98.8 Å². The first kappa shape index (κ1) is 68.5. The fourth-order valence-corrected chi connectivity index (χ4v) is 13.3. The van der Waals surface area contributed by atoms with Crippen LogP contribution in [0.25, 0.3) is 43.2 Å². The molecule has 3 fully saturated rings. The number of piperidine rings is 1. The maximum absolute atomic E-state index is 17.1. The summed E-state index contributed by atoms with van der Waals surface area (Å²) in [5.74, 6) is -1.54. The maximum atomic E-state index is 17.1. The van der Waals surface area contributed by atoms with Crippen LogP contribution in [0.3, 0.4) is 0 Å². The number of β-amino-alcohol motifs (C(OH)–C–C–N with tert-alkyl or cyclic N) is 1. The molecule has 3 aliphatic rings. The molecule has 93 heavy (non-hydrogen) atoms. The highest BCUT2D eigenvalue weighted by Gasteiger charge is 2.44. The Bertz CT molecular complexity index is 3660. The van der Waals surface area contributed by atoms with E-state index in [0.29, 0.717) is 108 Å². The molecule has 5 atom stereocenters. The van der Waals surface area contributed by atoms with Crippen LogP contribution in [-0.2, 0) is 38.1 Å². The number of aromatic nitrogens is 4. The van der Waals surface area contributed by atoms with Gasteiger partial charge in [0.25, 0.3) is 5.88 Å². The molecule has 3 saturated heterocycles. The zero-order valence-electron chi connectivity index (χ0n) is 53.3. The highest BCUT2D eigenvalue weighted by molar-refractivity contribution is 7.13. The van der Waals surface area contributed by atoms with Crippen molar-refractivity contribution in [2.45, 2.75) is 90.2 Å². The third kappa shape index (κ3) is 17.5. The Kier molecular flexibility index (Phi) is 24.0. The van der Waals surface area contributed by atoms with Gasteiger partial charge in [0, 0.05) is 75.8 Å². The Labute approximate surface area is 549 Å². The lowest BCUT2D eigenvalue weighted by atomic mass is 9.91. The minimum Gasteiger partial charge on any atom is -0.508 e. The molecule has 7 aromatic rings. The Morgan fingerprint density at radius 3 is 2.19 bits per heavy atom. The monoisotopic (exact) mass is 1320 g/mol. The molecule has 0 saturated carbocycles. The van der Waals surface area contributed by atoms with Crippen molar-refractivity contribution in [3.8, 4) is 39.2 Å². The zero-order valence-corrected chi connectivity index (χ0v) is 54.9. The van der Waals surface area contributed by atoms with Gasteiger partial charge in [0.2, 0.25) is 17.7 Å².